The molecule has 4 aromatic rings. The second-order valence-electron chi connectivity index (χ2n) is 7.18. The van der Waals surface area contributed by atoms with Crippen molar-refractivity contribution in [2.45, 2.75) is 12.8 Å². The zero-order chi connectivity index (χ0) is 19.6. The predicted octanol–water partition coefficient (Wildman–Crippen LogP) is 3.94. The molecule has 2 N–H and O–H groups in total. The summed E-state index contributed by atoms with van der Waals surface area (Å²) in [5, 5.41) is 21.8. The first-order valence-corrected chi connectivity index (χ1v) is 10.5. The third-order valence-corrected chi connectivity index (χ3v) is 6.22. The molecule has 1 aliphatic heterocycles. The number of hydrogen-bond acceptors (Lipinski definition) is 6. The SMILES string of the molecule is O=C(Nc1ccc2cn[nH]c2c1)C1CCN(c2ccc(-c3cccs3)nn2)CC1. The van der Waals surface area contributed by atoms with Crippen LogP contribution in [0.4, 0.5) is 11.5 Å². The van der Waals surface area contributed by atoms with Gasteiger partial charge in [0.05, 0.1) is 16.6 Å². The van der Waals surface area contributed by atoms with Crippen molar-refractivity contribution in [3.05, 3.63) is 54.0 Å². The van der Waals surface area contributed by atoms with E-state index in [0.717, 1.165) is 58.9 Å². The number of hydrogen-bond donors (Lipinski definition) is 2. The van der Waals surface area contributed by atoms with E-state index in [9.17, 15) is 4.79 Å². The molecule has 1 fully saturated rings. The molecule has 0 radical (unpaired) electrons. The molecule has 0 atom stereocenters. The van der Waals surface area contributed by atoms with Crippen LogP contribution in [0.15, 0.2) is 54.0 Å². The van der Waals surface area contributed by atoms with Crippen LogP contribution in [0.25, 0.3) is 21.5 Å². The summed E-state index contributed by atoms with van der Waals surface area (Å²) in [7, 11) is 0. The van der Waals surface area contributed by atoms with Crippen LogP contribution in [-0.4, -0.2) is 39.4 Å². The zero-order valence-corrected chi connectivity index (χ0v) is 16.5. The summed E-state index contributed by atoms with van der Waals surface area (Å²) in [5.74, 6) is 0.943. The Morgan fingerprint density at radius 2 is 2.03 bits per heavy atom. The smallest absolute Gasteiger partial charge is 0.227 e. The minimum atomic E-state index is 0.00191. The normalized spacial score (nSPS) is 15.0. The number of H-pyrrole nitrogens is 1. The molecule has 1 aliphatic rings. The molecule has 3 aromatic heterocycles. The van der Waals surface area contributed by atoms with E-state index >= 15 is 0 Å². The van der Waals surface area contributed by atoms with Crippen LogP contribution < -0.4 is 10.2 Å². The van der Waals surface area contributed by atoms with E-state index in [1.165, 1.54) is 0 Å². The van der Waals surface area contributed by atoms with Gasteiger partial charge in [-0.15, -0.1) is 21.5 Å². The summed E-state index contributed by atoms with van der Waals surface area (Å²) in [6, 6.07) is 13.9. The Bertz CT molecular complexity index is 1110. The molecule has 4 heterocycles. The molecule has 0 aliphatic carbocycles. The molecule has 5 rings (SSSR count). The van der Waals surface area contributed by atoms with E-state index in [4.69, 9.17) is 0 Å². The van der Waals surface area contributed by atoms with Gasteiger partial charge in [-0.1, -0.05) is 6.07 Å². The lowest BCUT2D eigenvalue weighted by molar-refractivity contribution is -0.120. The van der Waals surface area contributed by atoms with E-state index < -0.39 is 0 Å². The van der Waals surface area contributed by atoms with Gasteiger partial charge < -0.3 is 10.2 Å². The van der Waals surface area contributed by atoms with E-state index in [0.29, 0.717) is 0 Å². The number of carbonyl (C=O) groups is 1. The second kappa shape index (κ2) is 7.63. The first-order valence-electron chi connectivity index (χ1n) is 9.63. The van der Waals surface area contributed by atoms with Gasteiger partial charge >= 0.3 is 0 Å². The molecule has 0 unspecified atom stereocenters. The Morgan fingerprint density at radius 1 is 1.14 bits per heavy atom. The van der Waals surface area contributed by atoms with Crippen molar-refractivity contribution in [2.75, 3.05) is 23.3 Å². The molecule has 1 amide bonds. The third kappa shape index (κ3) is 3.71. The van der Waals surface area contributed by atoms with Gasteiger partial charge in [0, 0.05) is 30.1 Å². The average molecular weight is 404 g/mol. The van der Waals surface area contributed by atoms with E-state index in [-0.39, 0.29) is 11.8 Å². The lowest BCUT2D eigenvalue weighted by atomic mass is 9.95. The number of piperidine rings is 1. The standard InChI is InChI=1S/C21H20N6OS/c28-21(23-16-4-3-15-13-22-24-18(15)12-16)14-7-9-27(10-8-14)20-6-5-17(25-26-20)19-2-1-11-29-19/h1-6,11-14H,7-10H2,(H,22,24)(H,23,28). The lowest BCUT2D eigenvalue weighted by Crippen LogP contribution is -2.38. The van der Waals surface area contributed by atoms with Gasteiger partial charge in [0.2, 0.25) is 5.91 Å². The van der Waals surface area contributed by atoms with Crippen LogP contribution >= 0.6 is 11.3 Å². The Labute approximate surface area is 171 Å². The summed E-state index contributed by atoms with van der Waals surface area (Å²) in [5.41, 5.74) is 2.61. The van der Waals surface area contributed by atoms with Crippen molar-refractivity contribution in [1.29, 1.82) is 0 Å². The van der Waals surface area contributed by atoms with Gasteiger partial charge in [-0.3, -0.25) is 9.89 Å². The van der Waals surface area contributed by atoms with Crippen LogP contribution in [0.2, 0.25) is 0 Å². The van der Waals surface area contributed by atoms with Crippen LogP contribution in [0, 0.1) is 5.92 Å². The summed E-state index contributed by atoms with van der Waals surface area (Å²) in [4.78, 5) is 16.0. The van der Waals surface area contributed by atoms with Gasteiger partial charge in [-0.05, 0) is 54.6 Å². The maximum atomic E-state index is 12.7. The molecule has 0 spiro atoms. The number of nitrogens with zero attached hydrogens (tertiary/aromatic N) is 4. The summed E-state index contributed by atoms with van der Waals surface area (Å²) in [6.45, 7) is 1.59. The van der Waals surface area contributed by atoms with Crippen molar-refractivity contribution in [2.24, 2.45) is 5.92 Å². The fourth-order valence-electron chi connectivity index (χ4n) is 3.68. The first kappa shape index (κ1) is 17.8. The highest BCUT2D eigenvalue weighted by Crippen LogP contribution is 2.26. The molecule has 0 bridgehead atoms. The van der Waals surface area contributed by atoms with Crippen molar-refractivity contribution in [3.63, 3.8) is 0 Å². The quantitative estimate of drug-likeness (QED) is 0.538. The van der Waals surface area contributed by atoms with Gasteiger partial charge in [0.25, 0.3) is 0 Å². The van der Waals surface area contributed by atoms with Crippen molar-refractivity contribution < 1.29 is 4.79 Å². The number of aromatic amines is 1. The van der Waals surface area contributed by atoms with Crippen molar-refractivity contribution in [1.82, 2.24) is 20.4 Å². The van der Waals surface area contributed by atoms with E-state index in [1.807, 2.05) is 47.8 Å². The van der Waals surface area contributed by atoms with Crippen LogP contribution in [0.3, 0.4) is 0 Å². The third-order valence-electron chi connectivity index (χ3n) is 5.32. The number of rotatable bonds is 4. The largest absolute Gasteiger partial charge is 0.355 e. The first-order chi connectivity index (χ1) is 14.3. The number of anilines is 2. The number of thiophene rings is 1. The maximum absolute atomic E-state index is 12.7. The van der Waals surface area contributed by atoms with E-state index in [2.05, 4.69) is 30.6 Å². The molecule has 146 valence electrons. The fourth-order valence-corrected chi connectivity index (χ4v) is 4.37. The summed E-state index contributed by atoms with van der Waals surface area (Å²) >= 11 is 1.66. The topological polar surface area (TPSA) is 86.8 Å². The molecule has 29 heavy (non-hydrogen) atoms. The highest BCUT2D eigenvalue weighted by atomic mass is 32.1. The zero-order valence-electron chi connectivity index (χ0n) is 15.7. The van der Waals surface area contributed by atoms with Crippen molar-refractivity contribution >= 4 is 39.7 Å². The molecule has 1 aromatic carbocycles. The van der Waals surface area contributed by atoms with E-state index in [1.54, 1.807) is 17.5 Å². The minimum absolute atomic E-state index is 0.00191. The van der Waals surface area contributed by atoms with Crippen LogP contribution in [-0.2, 0) is 4.79 Å². The Balaban J connectivity index is 1.19. The Morgan fingerprint density at radius 3 is 2.79 bits per heavy atom. The number of fused-ring (bicyclic) bond motifs is 1. The second-order valence-corrected chi connectivity index (χ2v) is 8.12. The Kier molecular flexibility index (Phi) is 4.69. The minimum Gasteiger partial charge on any atom is -0.355 e. The molecule has 0 saturated carbocycles. The predicted molar refractivity (Wildman–Crippen MR) is 115 cm³/mol. The number of benzene rings is 1. The van der Waals surface area contributed by atoms with Gasteiger partial charge in [-0.25, -0.2) is 0 Å². The monoisotopic (exact) mass is 404 g/mol. The van der Waals surface area contributed by atoms with Gasteiger partial charge in [-0.2, -0.15) is 5.10 Å². The van der Waals surface area contributed by atoms with Gasteiger partial charge in [0.1, 0.15) is 5.69 Å². The number of nitrogens with one attached hydrogen (secondary N) is 2. The van der Waals surface area contributed by atoms with Crippen LogP contribution in [0.5, 0.6) is 0 Å². The summed E-state index contributed by atoms with van der Waals surface area (Å²) in [6.07, 6.45) is 3.37. The molecule has 7 nitrogen and oxygen atoms in total. The molecular formula is C21H20N6OS. The maximum Gasteiger partial charge on any atom is 0.227 e. The number of carbonyl (C=O) groups excluding carboxylic acids is 1. The molecule has 1 saturated heterocycles. The fraction of sp³-hybridized carbons (Fsp3) is 0.238. The van der Waals surface area contributed by atoms with Gasteiger partial charge in [0.15, 0.2) is 5.82 Å². The molecule has 8 heteroatoms. The van der Waals surface area contributed by atoms with Crippen LogP contribution in [0.1, 0.15) is 12.8 Å². The Hall–Kier alpha value is -3.26. The molecular weight excluding hydrogens is 384 g/mol. The number of aromatic nitrogens is 4. The lowest BCUT2D eigenvalue weighted by Gasteiger charge is -2.31. The summed E-state index contributed by atoms with van der Waals surface area (Å²) < 4.78 is 0. The van der Waals surface area contributed by atoms with Crippen molar-refractivity contribution in [3.8, 4) is 10.6 Å². The number of amides is 1. The highest BCUT2D eigenvalue weighted by Gasteiger charge is 2.26. The highest BCUT2D eigenvalue weighted by molar-refractivity contribution is 7.13. The average Bonchev–Trinajstić information content (AvgIpc) is 3.46.